The molecule has 3 aromatic rings. The summed E-state index contributed by atoms with van der Waals surface area (Å²) >= 11 is 0. The zero-order chi connectivity index (χ0) is 18.7. The van der Waals surface area contributed by atoms with Crippen molar-refractivity contribution in [1.29, 1.82) is 5.26 Å². The summed E-state index contributed by atoms with van der Waals surface area (Å²) < 4.78 is 17.9. The number of aromatic amines is 1. The van der Waals surface area contributed by atoms with Crippen LogP contribution in [0.15, 0.2) is 54.2 Å². The number of hydrogen-bond donors (Lipinski definition) is 1. The van der Waals surface area contributed by atoms with Gasteiger partial charge in [0.15, 0.2) is 0 Å². The monoisotopic (exact) mass is 348 g/mol. The van der Waals surface area contributed by atoms with Gasteiger partial charge in [0.2, 0.25) is 5.78 Å². The van der Waals surface area contributed by atoms with E-state index in [-0.39, 0.29) is 5.57 Å². The van der Waals surface area contributed by atoms with Gasteiger partial charge in [0.1, 0.15) is 17.5 Å². The van der Waals surface area contributed by atoms with Crippen LogP contribution < -0.4 is 0 Å². The van der Waals surface area contributed by atoms with Gasteiger partial charge in [0.25, 0.3) is 0 Å². The molecule has 0 amide bonds. The van der Waals surface area contributed by atoms with Crippen LogP contribution >= 0.6 is 0 Å². The minimum Gasteiger partial charge on any atom is -0.465 e. The van der Waals surface area contributed by atoms with Crippen molar-refractivity contribution in [3.63, 3.8) is 0 Å². The highest BCUT2D eigenvalue weighted by Gasteiger charge is 2.17. The SMILES string of the molecule is COC(=O)c1ccc(/C=C(/C#N)C(=O)c2c[nH]c3cc(F)ccc23)cc1. The second-order valence-corrected chi connectivity index (χ2v) is 5.50. The van der Waals surface area contributed by atoms with E-state index in [1.807, 2.05) is 6.07 Å². The molecule has 1 aromatic heterocycles. The third-order valence-corrected chi connectivity index (χ3v) is 3.90. The molecule has 0 aliphatic carbocycles. The lowest BCUT2D eigenvalue weighted by atomic mass is 10.0. The van der Waals surface area contributed by atoms with Gasteiger partial charge in [0.05, 0.1) is 12.7 Å². The van der Waals surface area contributed by atoms with E-state index in [4.69, 9.17) is 0 Å². The molecule has 0 atom stereocenters. The Balaban J connectivity index is 1.94. The number of halogens is 1. The van der Waals surface area contributed by atoms with Crippen molar-refractivity contribution in [2.75, 3.05) is 7.11 Å². The van der Waals surface area contributed by atoms with E-state index in [1.165, 1.54) is 37.6 Å². The maximum atomic E-state index is 13.3. The van der Waals surface area contributed by atoms with E-state index in [2.05, 4.69) is 9.72 Å². The van der Waals surface area contributed by atoms with Crippen molar-refractivity contribution in [1.82, 2.24) is 4.98 Å². The second kappa shape index (κ2) is 7.03. The predicted molar refractivity (Wildman–Crippen MR) is 94.0 cm³/mol. The molecule has 0 aliphatic heterocycles. The molecule has 0 spiro atoms. The zero-order valence-electron chi connectivity index (χ0n) is 13.7. The van der Waals surface area contributed by atoms with E-state index in [0.717, 1.165) is 0 Å². The zero-order valence-corrected chi connectivity index (χ0v) is 13.7. The van der Waals surface area contributed by atoms with Gasteiger partial charge in [-0.05, 0) is 42.0 Å². The van der Waals surface area contributed by atoms with Crippen LogP contribution in [-0.4, -0.2) is 23.8 Å². The van der Waals surface area contributed by atoms with Crippen molar-refractivity contribution >= 4 is 28.7 Å². The average molecular weight is 348 g/mol. The maximum absolute atomic E-state index is 13.3. The Hall–Kier alpha value is -3.72. The molecular formula is C20H13FN2O3. The first-order valence-electron chi connectivity index (χ1n) is 7.65. The van der Waals surface area contributed by atoms with Crippen LogP contribution in [0.4, 0.5) is 4.39 Å². The van der Waals surface area contributed by atoms with Crippen molar-refractivity contribution in [3.8, 4) is 6.07 Å². The number of esters is 1. The molecule has 2 aromatic carbocycles. The fraction of sp³-hybridized carbons (Fsp3) is 0.0500. The van der Waals surface area contributed by atoms with E-state index >= 15 is 0 Å². The average Bonchev–Trinajstić information content (AvgIpc) is 3.08. The second-order valence-electron chi connectivity index (χ2n) is 5.50. The Labute approximate surface area is 148 Å². The van der Waals surface area contributed by atoms with Crippen LogP contribution in [0, 0.1) is 17.1 Å². The fourth-order valence-electron chi connectivity index (χ4n) is 2.58. The number of ether oxygens (including phenoxy) is 1. The minimum atomic E-state index is -0.470. The number of Topliss-reactive ketones (excluding diaryl/α,β-unsaturated/α-hetero) is 1. The summed E-state index contributed by atoms with van der Waals surface area (Å²) in [4.78, 5) is 27.0. The van der Waals surface area contributed by atoms with E-state index in [9.17, 15) is 19.2 Å². The molecule has 1 N–H and O–H groups in total. The molecule has 3 rings (SSSR count). The molecule has 0 aliphatic rings. The van der Waals surface area contributed by atoms with E-state index in [0.29, 0.717) is 27.6 Å². The molecular weight excluding hydrogens is 335 g/mol. The topological polar surface area (TPSA) is 82.9 Å². The number of carbonyl (C=O) groups excluding carboxylic acids is 2. The number of hydrogen-bond acceptors (Lipinski definition) is 4. The van der Waals surface area contributed by atoms with Gasteiger partial charge in [0, 0.05) is 22.7 Å². The highest BCUT2D eigenvalue weighted by atomic mass is 19.1. The third kappa shape index (κ3) is 3.23. The summed E-state index contributed by atoms with van der Waals surface area (Å²) in [5.41, 5.74) is 1.66. The summed E-state index contributed by atoms with van der Waals surface area (Å²) in [6, 6.07) is 12.3. The Morgan fingerprint density at radius 1 is 1.19 bits per heavy atom. The quantitative estimate of drug-likeness (QED) is 0.336. The number of benzene rings is 2. The standard InChI is InChI=1S/C20H13FN2O3/c1-26-20(25)13-4-2-12(3-5-13)8-14(10-22)19(24)17-11-23-18-9-15(21)6-7-16(17)18/h2-9,11,23H,1H3/b14-8-. The molecule has 0 radical (unpaired) electrons. The maximum Gasteiger partial charge on any atom is 0.337 e. The summed E-state index contributed by atoms with van der Waals surface area (Å²) in [5.74, 6) is -1.36. The van der Waals surface area contributed by atoms with E-state index < -0.39 is 17.6 Å². The number of nitriles is 1. The first kappa shape index (κ1) is 17.1. The lowest BCUT2D eigenvalue weighted by Crippen LogP contribution is -2.02. The summed E-state index contributed by atoms with van der Waals surface area (Å²) in [6.07, 6.45) is 2.89. The molecule has 128 valence electrons. The first-order valence-corrected chi connectivity index (χ1v) is 7.65. The van der Waals surface area contributed by atoms with Crippen LogP contribution in [0.3, 0.4) is 0 Å². The molecule has 0 saturated heterocycles. The lowest BCUT2D eigenvalue weighted by Gasteiger charge is -2.01. The normalized spacial score (nSPS) is 11.2. The fourth-order valence-corrected chi connectivity index (χ4v) is 2.58. The van der Waals surface area contributed by atoms with Crippen LogP contribution in [0.1, 0.15) is 26.3 Å². The van der Waals surface area contributed by atoms with Crippen LogP contribution in [0.25, 0.3) is 17.0 Å². The number of allylic oxidation sites excluding steroid dienone is 1. The van der Waals surface area contributed by atoms with Gasteiger partial charge in [-0.25, -0.2) is 9.18 Å². The number of aromatic nitrogens is 1. The number of nitrogens with one attached hydrogen (secondary N) is 1. The Morgan fingerprint density at radius 3 is 2.58 bits per heavy atom. The van der Waals surface area contributed by atoms with Gasteiger partial charge >= 0.3 is 5.97 Å². The first-order chi connectivity index (χ1) is 12.5. The van der Waals surface area contributed by atoms with Crippen molar-refractivity contribution < 1.29 is 18.7 Å². The Kier molecular flexibility index (Phi) is 4.63. The van der Waals surface area contributed by atoms with Crippen molar-refractivity contribution in [3.05, 3.63) is 76.7 Å². The summed E-state index contributed by atoms with van der Waals surface area (Å²) in [7, 11) is 1.29. The number of H-pyrrole nitrogens is 1. The number of rotatable bonds is 4. The minimum absolute atomic E-state index is 0.0685. The largest absolute Gasteiger partial charge is 0.465 e. The van der Waals surface area contributed by atoms with E-state index in [1.54, 1.807) is 24.3 Å². The molecule has 6 heteroatoms. The molecule has 0 saturated carbocycles. The molecule has 0 fully saturated rings. The third-order valence-electron chi connectivity index (χ3n) is 3.90. The molecule has 0 unspecified atom stereocenters. The van der Waals surface area contributed by atoms with Gasteiger partial charge in [-0.3, -0.25) is 4.79 Å². The van der Waals surface area contributed by atoms with Crippen LogP contribution in [-0.2, 0) is 4.74 Å². The number of ketones is 1. The predicted octanol–water partition coefficient (Wildman–Crippen LogP) is 3.88. The lowest BCUT2D eigenvalue weighted by molar-refractivity contribution is 0.0600. The molecule has 0 bridgehead atoms. The molecule has 5 nitrogen and oxygen atoms in total. The Bertz CT molecular complexity index is 1070. The van der Waals surface area contributed by atoms with Crippen molar-refractivity contribution in [2.45, 2.75) is 0 Å². The van der Waals surface area contributed by atoms with Gasteiger partial charge < -0.3 is 9.72 Å². The van der Waals surface area contributed by atoms with Gasteiger partial charge in [-0.1, -0.05) is 12.1 Å². The Morgan fingerprint density at radius 2 is 1.92 bits per heavy atom. The number of fused-ring (bicyclic) bond motifs is 1. The number of carbonyl (C=O) groups is 2. The van der Waals surface area contributed by atoms with Gasteiger partial charge in [-0.2, -0.15) is 5.26 Å². The summed E-state index contributed by atoms with van der Waals surface area (Å²) in [5, 5.41) is 9.91. The highest BCUT2D eigenvalue weighted by Crippen LogP contribution is 2.22. The number of nitrogens with zero attached hydrogens (tertiary/aromatic N) is 1. The molecule has 26 heavy (non-hydrogen) atoms. The highest BCUT2D eigenvalue weighted by molar-refractivity contribution is 6.19. The van der Waals surface area contributed by atoms with Crippen molar-refractivity contribution in [2.24, 2.45) is 0 Å². The van der Waals surface area contributed by atoms with Gasteiger partial charge in [-0.15, -0.1) is 0 Å². The summed E-state index contributed by atoms with van der Waals surface area (Å²) in [6.45, 7) is 0. The van der Waals surface area contributed by atoms with Crippen LogP contribution in [0.5, 0.6) is 0 Å². The van der Waals surface area contributed by atoms with Crippen LogP contribution in [0.2, 0.25) is 0 Å². The smallest absolute Gasteiger partial charge is 0.337 e. The number of methoxy groups -OCH3 is 1. The molecule has 1 heterocycles.